The SMILES string of the molecule is Cc1cccc(CC(CBr)(CBr)C2CCS(=O)(=O)C2)c1. The summed E-state index contributed by atoms with van der Waals surface area (Å²) in [5.74, 6) is 0.898. The van der Waals surface area contributed by atoms with E-state index in [0.29, 0.717) is 11.5 Å². The average Bonchev–Trinajstić information content (AvgIpc) is 2.77. The molecule has 1 aromatic carbocycles. The van der Waals surface area contributed by atoms with Gasteiger partial charge in [0.1, 0.15) is 0 Å². The summed E-state index contributed by atoms with van der Waals surface area (Å²) in [6.07, 6.45) is 1.69. The highest BCUT2D eigenvalue weighted by Crippen LogP contribution is 2.42. The third-order valence-electron chi connectivity index (χ3n) is 4.27. The second kappa shape index (κ2) is 6.49. The maximum absolute atomic E-state index is 11.8. The summed E-state index contributed by atoms with van der Waals surface area (Å²) in [4.78, 5) is 0. The Hall–Kier alpha value is 0.130. The van der Waals surface area contributed by atoms with Gasteiger partial charge in [0, 0.05) is 10.7 Å². The Morgan fingerprint density at radius 3 is 2.50 bits per heavy atom. The van der Waals surface area contributed by atoms with E-state index in [0.717, 1.165) is 23.5 Å². The van der Waals surface area contributed by atoms with Crippen molar-refractivity contribution in [1.82, 2.24) is 0 Å². The zero-order chi connectivity index (χ0) is 14.8. The van der Waals surface area contributed by atoms with Gasteiger partial charge in [-0.05, 0) is 36.7 Å². The van der Waals surface area contributed by atoms with Gasteiger partial charge < -0.3 is 0 Å². The van der Waals surface area contributed by atoms with Crippen LogP contribution >= 0.6 is 31.9 Å². The summed E-state index contributed by atoms with van der Waals surface area (Å²) in [6.45, 7) is 2.09. The van der Waals surface area contributed by atoms with Gasteiger partial charge in [-0.25, -0.2) is 8.42 Å². The molecule has 1 heterocycles. The van der Waals surface area contributed by atoms with Crippen LogP contribution < -0.4 is 0 Å². The Balaban J connectivity index is 2.26. The molecule has 0 N–H and O–H groups in total. The molecule has 1 atom stereocenters. The molecule has 20 heavy (non-hydrogen) atoms. The monoisotopic (exact) mass is 422 g/mol. The molecule has 1 aliphatic rings. The summed E-state index contributed by atoms with van der Waals surface area (Å²) < 4.78 is 23.6. The van der Waals surface area contributed by atoms with Crippen LogP contribution in [0.15, 0.2) is 24.3 Å². The van der Waals surface area contributed by atoms with Gasteiger partial charge in [0.2, 0.25) is 0 Å². The second-order valence-electron chi connectivity index (χ2n) is 5.90. The van der Waals surface area contributed by atoms with Gasteiger partial charge in [0.25, 0.3) is 0 Å². The number of sulfone groups is 1. The van der Waals surface area contributed by atoms with Crippen LogP contribution in [0.2, 0.25) is 0 Å². The Bertz CT molecular complexity index is 565. The third kappa shape index (κ3) is 3.66. The highest BCUT2D eigenvalue weighted by Gasteiger charge is 2.43. The quantitative estimate of drug-likeness (QED) is 0.675. The number of alkyl halides is 2. The molecule has 0 saturated carbocycles. The van der Waals surface area contributed by atoms with E-state index in [1.807, 2.05) is 0 Å². The molecule has 2 nitrogen and oxygen atoms in total. The summed E-state index contributed by atoms with van der Waals surface area (Å²) >= 11 is 7.26. The van der Waals surface area contributed by atoms with Gasteiger partial charge in [0.15, 0.2) is 9.84 Å². The lowest BCUT2D eigenvalue weighted by atomic mass is 9.74. The molecule has 1 aromatic rings. The number of rotatable bonds is 5. The minimum Gasteiger partial charge on any atom is -0.229 e. The number of benzene rings is 1. The van der Waals surface area contributed by atoms with Crippen LogP contribution in [0.3, 0.4) is 0 Å². The van der Waals surface area contributed by atoms with Crippen LogP contribution in [0.4, 0.5) is 0 Å². The van der Waals surface area contributed by atoms with Gasteiger partial charge in [-0.3, -0.25) is 0 Å². The zero-order valence-electron chi connectivity index (χ0n) is 11.6. The van der Waals surface area contributed by atoms with Crippen LogP contribution in [0, 0.1) is 18.3 Å². The van der Waals surface area contributed by atoms with Crippen LogP contribution in [-0.4, -0.2) is 30.6 Å². The number of aryl methyl sites for hydroxylation is 1. The predicted molar refractivity (Wildman–Crippen MR) is 91.7 cm³/mol. The lowest BCUT2D eigenvalue weighted by Gasteiger charge is -2.36. The van der Waals surface area contributed by atoms with Crippen LogP contribution in [0.1, 0.15) is 17.5 Å². The first-order valence-electron chi connectivity index (χ1n) is 6.79. The molecule has 1 unspecified atom stereocenters. The minimum atomic E-state index is -2.84. The molecule has 0 radical (unpaired) electrons. The molecule has 0 bridgehead atoms. The standard InChI is InChI=1S/C15H20Br2O2S/c1-12-3-2-4-13(7-12)8-15(10-16,11-17)14-5-6-20(18,19)9-14/h2-4,7,14H,5-6,8-11H2,1H3. The van der Waals surface area contributed by atoms with E-state index in [2.05, 4.69) is 63.0 Å². The molecule has 1 saturated heterocycles. The maximum Gasteiger partial charge on any atom is 0.150 e. The molecular formula is C15H20Br2O2S. The van der Waals surface area contributed by atoms with E-state index in [9.17, 15) is 8.42 Å². The molecular weight excluding hydrogens is 404 g/mol. The van der Waals surface area contributed by atoms with Crippen molar-refractivity contribution in [2.45, 2.75) is 19.8 Å². The molecule has 0 amide bonds. The Morgan fingerprint density at radius 2 is 2.00 bits per heavy atom. The van der Waals surface area contributed by atoms with Crippen LogP contribution in [0.25, 0.3) is 0 Å². The van der Waals surface area contributed by atoms with Crippen molar-refractivity contribution < 1.29 is 8.42 Å². The largest absolute Gasteiger partial charge is 0.229 e. The molecule has 0 aliphatic carbocycles. The molecule has 1 fully saturated rings. The summed E-state index contributed by atoms with van der Waals surface area (Å²) in [6, 6.07) is 8.50. The van der Waals surface area contributed by atoms with Crippen molar-refractivity contribution in [3.8, 4) is 0 Å². The fourth-order valence-electron chi connectivity index (χ4n) is 3.00. The second-order valence-corrected chi connectivity index (χ2v) is 9.25. The predicted octanol–water partition coefficient (Wildman–Crippen LogP) is 3.75. The van der Waals surface area contributed by atoms with Crippen molar-refractivity contribution in [2.24, 2.45) is 11.3 Å². The molecule has 0 aromatic heterocycles. The van der Waals surface area contributed by atoms with E-state index in [1.54, 1.807) is 0 Å². The first-order valence-corrected chi connectivity index (χ1v) is 10.9. The van der Waals surface area contributed by atoms with E-state index >= 15 is 0 Å². The van der Waals surface area contributed by atoms with Gasteiger partial charge >= 0.3 is 0 Å². The summed E-state index contributed by atoms with van der Waals surface area (Å²) in [5.41, 5.74) is 2.50. The Morgan fingerprint density at radius 1 is 1.30 bits per heavy atom. The van der Waals surface area contributed by atoms with E-state index in [1.165, 1.54) is 11.1 Å². The molecule has 2 rings (SSSR count). The maximum atomic E-state index is 11.8. The smallest absolute Gasteiger partial charge is 0.150 e. The van der Waals surface area contributed by atoms with Gasteiger partial charge in [0.05, 0.1) is 11.5 Å². The molecule has 112 valence electrons. The lowest BCUT2D eigenvalue weighted by molar-refractivity contribution is 0.253. The van der Waals surface area contributed by atoms with Gasteiger partial charge in [-0.15, -0.1) is 0 Å². The molecule has 1 aliphatic heterocycles. The Labute approximate surface area is 138 Å². The van der Waals surface area contributed by atoms with Gasteiger partial charge in [-0.1, -0.05) is 61.7 Å². The van der Waals surface area contributed by atoms with Crippen molar-refractivity contribution in [1.29, 1.82) is 0 Å². The average molecular weight is 424 g/mol. The van der Waals surface area contributed by atoms with E-state index in [-0.39, 0.29) is 11.3 Å². The van der Waals surface area contributed by atoms with Crippen LogP contribution in [0.5, 0.6) is 0 Å². The van der Waals surface area contributed by atoms with Crippen molar-refractivity contribution in [3.05, 3.63) is 35.4 Å². The molecule has 5 heteroatoms. The highest BCUT2D eigenvalue weighted by atomic mass is 79.9. The molecule has 0 spiro atoms. The number of hydrogen-bond donors (Lipinski definition) is 0. The topological polar surface area (TPSA) is 34.1 Å². The first-order chi connectivity index (χ1) is 9.41. The number of hydrogen-bond acceptors (Lipinski definition) is 2. The number of halogens is 2. The lowest BCUT2D eigenvalue weighted by Crippen LogP contribution is -2.37. The van der Waals surface area contributed by atoms with Crippen molar-refractivity contribution in [2.75, 3.05) is 22.2 Å². The zero-order valence-corrected chi connectivity index (χ0v) is 15.6. The van der Waals surface area contributed by atoms with E-state index < -0.39 is 9.84 Å². The fourth-order valence-corrected chi connectivity index (χ4v) is 7.18. The first kappa shape index (κ1) is 16.5. The highest BCUT2D eigenvalue weighted by molar-refractivity contribution is 9.09. The third-order valence-corrected chi connectivity index (χ3v) is 8.27. The fraction of sp³-hybridized carbons (Fsp3) is 0.600. The minimum absolute atomic E-state index is 0.0304. The van der Waals surface area contributed by atoms with E-state index in [4.69, 9.17) is 0 Å². The van der Waals surface area contributed by atoms with Crippen molar-refractivity contribution >= 4 is 41.7 Å². The summed E-state index contributed by atoms with van der Waals surface area (Å²) in [5, 5.41) is 1.64. The normalized spacial score (nSPS) is 22.1. The Kier molecular flexibility index (Phi) is 5.35. The van der Waals surface area contributed by atoms with Crippen molar-refractivity contribution in [3.63, 3.8) is 0 Å². The van der Waals surface area contributed by atoms with Gasteiger partial charge in [-0.2, -0.15) is 0 Å². The van der Waals surface area contributed by atoms with Crippen LogP contribution in [-0.2, 0) is 16.3 Å². The summed E-state index contributed by atoms with van der Waals surface area (Å²) in [7, 11) is -2.84.